The first-order valence-corrected chi connectivity index (χ1v) is 9.96. The Morgan fingerprint density at radius 3 is 2.40 bits per heavy atom. The molecule has 0 aliphatic rings. The highest BCUT2D eigenvalue weighted by molar-refractivity contribution is 7.22. The molecule has 0 fully saturated rings. The summed E-state index contributed by atoms with van der Waals surface area (Å²) in [7, 11) is 0. The number of rotatable bonds is 4. The third-order valence-corrected chi connectivity index (χ3v) is 5.58. The summed E-state index contributed by atoms with van der Waals surface area (Å²) in [6.07, 6.45) is -4.55. The molecule has 0 unspecified atom stereocenters. The Morgan fingerprint density at radius 2 is 1.70 bits per heavy atom. The number of thiazole rings is 1. The van der Waals surface area contributed by atoms with Crippen LogP contribution in [-0.2, 0) is 11.7 Å². The summed E-state index contributed by atoms with van der Waals surface area (Å²) < 4.78 is 40.9. The van der Waals surface area contributed by atoms with Crippen molar-refractivity contribution < 1.29 is 13.2 Å². The van der Waals surface area contributed by atoms with Gasteiger partial charge in [-0.1, -0.05) is 47.7 Å². The van der Waals surface area contributed by atoms with Crippen molar-refractivity contribution in [2.75, 3.05) is 11.1 Å². The Labute approximate surface area is 175 Å². The third kappa shape index (κ3) is 3.95. The summed E-state index contributed by atoms with van der Waals surface area (Å²) in [5.41, 5.74) is 6.71. The zero-order valence-corrected chi connectivity index (χ0v) is 17.0. The molecule has 2 aromatic heterocycles. The first-order chi connectivity index (χ1) is 14.1. The predicted molar refractivity (Wildman–Crippen MR) is 114 cm³/mol. The average Bonchev–Trinajstić information content (AvgIpc) is 3.07. The van der Waals surface area contributed by atoms with Gasteiger partial charge in [0.25, 0.3) is 0 Å². The van der Waals surface area contributed by atoms with Gasteiger partial charge in [-0.2, -0.15) is 13.2 Å². The Kier molecular flexibility index (Phi) is 4.89. The van der Waals surface area contributed by atoms with Gasteiger partial charge in [-0.15, -0.1) is 0 Å². The molecule has 0 amide bonds. The van der Waals surface area contributed by atoms with Crippen LogP contribution in [0.1, 0.15) is 25.1 Å². The van der Waals surface area contributed by atoms with Crippen LogP contribution in [0.4, 0.5) is 24.1 Å². The maximum atomic E-state index is 13.3. The third-order valence-electron chi connectivity index (χ3n) is 4.73. The average molecular weight is 427 g/mol. The highest BCUT2D eigenvalue weighted by Gasteiger charge is 2.34. The zero-order chi connectivity index (χ0) is 21.5. The monoisotopic (exact) mass is 427 g/mol. The van der Waals surface area contributed by atoms with Crippen molar-refractivity contribution in [1.29, 1.82) is 0 Å². The van der Waals surface area contributed by atoms with E-state index in [4.69, 9.17) is 5.73 Å². The van der Waals surface area contributed by atoms with Crippen LogP contribution in [0.15, 0.2) is 54.6 Å². The van der Waals surface area contributed by atoms with Gasteiger partial charge in [-0.05, 0) is 43.2 Å². The molecule has 2 heterocycles. The van der Waals surface area contributed by atoms with E-state index in [0.29, 0.717) is 21.8 Å². The number of nitrogens with one attached hydrogen (secondary N) is 1. The maximum Gasteiger partial charge on any atom is 0.433 e. The van der Waals surface area contributed by atoms with Gasteiger partial charge >= 0.3 is 6.18 Å². The first kappa shape index (κ1) is 20.2. The number of alkyl halides is 3. The van der Waals surface area contributed by atoms with Gasteiger partial charge in [-0.3, -0.25) is 0 Å². The SMILES string of the molecule is CC(C)(Nc1nc(C(F)(F)F)ccc1-c1[c]c2nc(N)sc2cc1)c1ccccc1. The minimum Gasteiger partial charge on any atom is -0.375 e. The Morgan fingerprint density at radius 1 is 0.967 bits per heavy atom. The molecule has 0 atom stereocenters. The van der Waals surface area contributed by atoms with Gasteiger partial charge in [0.2, 0.25) is 0 Å². The van der Waals surface area contributed by atoms with E-state index in [-0.39, 0.29) is 5.82 Å². The Balaban J connectivity index is 1.83. The van der Waals surface area contributed by atoms with Crippen molar-refractivity contribution in [2.45, 2.75) is 25.6 Å². The second-order valence-electron chi connectivity index (χ2n) is 7.34. The van der Waals surface area contributed by atoms with Crippen molar-refractivity contribution in [3.05, 3.63) is 71.9 Å². The van der Waals surface area contributed by atoms with E-state index >= 15 is 0 Å². The van der Waals surface area contributed by atoms with Crippen LogP contribution in [0, 0.1) is 6.07 Å². The van der Waals surface area contributed by atoms with E-state index in [9.17, 15) is 13.2 Å². The fraction of sp³-hybridized carbons (Fsp3) is 0.182. The van der Waals surface area contributed by atoms with Crippen molar-refractivity contribution in [1.82, 2.24) is 9.97 Å². The minimum atomic E-state index is -4.55. The number of nitrogens with two attached hydrogens (primary N) is 1. The number of pyridine rings is 1. The molecule has 4 nitrogen and oxygen atoms in total. The van der Waals surface area contributed by atoms with Crippen LogP contribution in [0.2, 0.25) is 0 Å². The molecule has 4 rings (SSSR count). The van der Waals surface area contributed by atoms with Crippen LogP contribution in [0.25, 0.3) is 21.3 Å². The summed E-state index contributed by atoms with van der Waals surface area (Å²) >= 11 is 1.33. The predicted octanol–water partition coefficient (Wildman–Crippen LogP) is 6.11. The summed E-state index contributed by atoms with van der Waals surface area (Å²) in [5.74, 6) is 0.123. The van der Waals surface area contributed by atoms with E-state index in [1.54, 1.807) is 6.07 Å². The normalized spacial score (nSPS) is 12.3. The van der Waals surface area contributed by atoms with Crippen molar-refractivity contribution >= 4 is 32.5 Å². The number of hydrogen-bond donors (Lipinski definition) is 2. The molecule has 0 saturated carbocycles. The molecule has 4 aromatic rings. The summed E-state index contributed by atoms with van der Waals surface area (Å²) in [6.45, 7) is 3.78. The van der Waals surface area contributed by atoms with Gasteiger partial charge < -0.3 is 11.1 Å². The molecule has 0 bridgehead atoms. The van der Waals surface area contributed by atoms with Crippen molar-refractivity contribution in [2.24, 2.45) is 0 Å². The van der Waals surface area contributed by atoms with Gasteiger partial charge in [0.05, 0.1) is 15.8 Å². The van der Waals surface area contributed by atoms with Crippen LogP contribution in [-0.4, -0.2) is 9.97 Å². The lowest BCUT2D eigenvalue weighted by molar-refractivity contribution is -0.141. The Bertz CT molecular complexity index is 1200. The standard InChI is InChI=1S/C22H18F3N4S/c1-21(2,14-6-4-3-5-7-14)29-19-15(9-11-18(28-19)22(23,24)25)13-8-10-17-16(12-13)27-20(26)30-17/h3-11H,1-2H3,(H2,26,27)(H,28,29). The molecular formula is C22H18F3N4S. The molecule has 0 aliphatic carbocycles. The quantitative estimate of drug-likeness (QED) is 0.413. The first-order valence-electron chi connectivity index (χ1n) is 9.14. The lowest BCUT2D eigenvalue weighted by Gasteiger charge is -2.29. The topological polar surface area (TPSA) is 63.8 Å². The van der Waals surface area contributed by atoms with Gasteiger partial charge in [0, 0.05) is 11.6 Å². The number of nitrogen functional groups attached to an aromatic ring is 1. The molecular weight excluding hydrogens is 409 g/mol. The lowest BCUT2D eigenvalue weighted by Crippen LogP contribution is -2.29. The van der Waals surface area contributed by atoms with Crippen LogP contribution < -0.4 is 11.1 Å². The molecule has 153 valence electrons. The smallest absolute Gasteiger partial charge is 0.375 e. The highest BCUT2D eigenvalue weighted by atomic mass is 32.1. The summed E-state index contributed by atoms with van der Waals surface area (Å²) in [6, 6.07) is 18.6. The van der Waals surface area contributed by atoms with E-state index in [1.165, 1.54) is 17.4 Å². The molecule has 8 heteroatoms. The van der Waals surface area contributed by atoms with Gasteiger partial charge in [-0.25, -0.2) is 9.97 Å². The number of aromatic nitrogens is 2. The number of benzene rings is 2. The number of fused-ring (bicyclic) bond motifs is 1. The van der Waals surface area contributed by atoms with E-state index in [1.807, 2.05) is 50.2 Å². The second-order valence-corrected chi connectivity index (χ2v) is 8.41. The summed E-state index contributed by atoms with van der Waals surface area (Å²) in [4.78, 5) is 8.15. The Hall–Kier alpha value is -3.13. The number of hydrogen-bond acceptors (Lipinski definition) is 5. The highest BCUT2D eigenvalue weighted by Crippen LogP contribution is 2.37. The van der Waals surface area contributed by atoms with Crippen LogP contribution in [0.3, 0.4) is 0 Å². The fourth-order valence-corrected chi connectivity index (χ4v) is 3.88. The fourth-order valence-electron chi connectivity index (χ4n) is 3.19. The molecule has 0 saturated heterocycles. The second kappa shape index (κ2) is 7.28. The summed E-state index contributed by atoms with van der Waals surface area (Å²) in [5, 5.41) is 3.60. The molecule has 1 radical (unpaired) electrons. The van der Waals surface area contributed by atoms with E-state index in [0.717, 1.165) is 16.3 Å². The van der Waals surface area contributed by atoms with Gasteiger partial charge in [0.1, 0.15) is 11.5 Å². The van der Waals surface area contributed by atoms with E-state index in [2.05, 4.69) is 21.4 Å². The molecule has 3 N–H and O–H groups in total. The zero-order valence-electron chi connectivity index (χ0n) is 16.2. The largest absolute Gasteiger partial charge is 0.433 e. The van der Waals surface area contributed by atoms with Crippen LogP contribution >= 0.6 is 11.3 Å². The van der Waals surface area contributed by atoms with Crippen LogP contribution in [0.5, 0.6) is 0 Å². The molecule has 0 spiro atoms. The lowest BCUT2D eigenvalue weighted by atomic mass is 9.93. The molecule has 30 heavy (non-hydrogen) atoms. The maximum absolute atomic E-state index is 13.3. The van der Waals surface area contributed by atoms with E-state index < -0.39 is 17.4 Å². The van der Waals surface area contributed by atoms with Crippen molar-refractivity contribution in [3.63, 3.8) is 0 Å². The number of nitrogens with zero attached hydrogens (tertiary/aromatic N) is 2. The molecule has 2 aromatic carbocycles. The molecule has 0 aliphatic heterocycles. The van der Waals surface area contributed by atoms with Gasteiger partial charge in [0.15, 0.2) is 5.13 Å². The number of halogens is 3. The van der Waals surface area contributed by atoms with Crippen molar-refractivity contribution in [3.8, 4) is 11.1 Å². The minimum absolute atomic E-state index is 0.123. The number of anilines is 2.